The third-order valence-corrected chi connectivity index (χ3v) is 4.95. The second-order valence-corrected chi connectivity index (χ2v) is 6.17. The van der Waals surface area contributed by atoms with Crippen molar-refractivity contribution in [3.8, 4) is 0 Å². The minimum Gasteiger partial charge on any atom is -0.393 e. The minimum absolute atomic E-state index is 0.0852. The van der Waals surface area contributed by atoms with E-state index in [-0.39, 0.29) is 6.10 Å². The standard InChI is InChI=1S/C17H20N2O/c20-15-9-13-5-6-14(10-15)19(13)11-12-7-8-18-17-4-2-1-3-16(12)17/h1-4,7-8,13-15,20H,5-6,9-11H2. The van der Waals surface area contributed by atoms with E-state index in [9.17, 15) is 5.11 Å². The smallest absolute Gasteiger partial charge is 0.0705 e. The number of aliphatic hydroxyl groups excluding tert-OH is 1. The Labute approximate surface area is 119 Å². The highest BCUT2D eigenvalue weighted by molar-refractivity contribution is 5.81. The lowest BCUT2D eigenvalue weighted by Gasteiger charge is -2.37. The Morgan fingerprint density at radius 1 is 1.10 bits per heavy atom. The summed E-state index contributed by atoms with van der Waals surface area (Å²) in [6.07, 6.45) is 6.20. The molecular weight excluding hydrogens is 248 g/mol. The van der Waals surface area contributed by atoms with Crippen LogP contribution >= 0.6 is 0 Å². The molecular formula is C17H20N2O. The molecule has 2 unspecified atom stereocenters. The summed E-state index contributed by atoms with van der Waals surface area (Å²) in [4.78, 5) is 7.05. The van der Waals surface area contributed by atoms with Gasteiger partial charge in [0.1, 0.15) is 0 Å². The van der Waals surface area contributed by atoms with Gasteiger partial charge in [-0.2, -0.15) is 0 Å². The number of fused-ring (bicyclic) bond motifs is 3. The summed E-state index contributed by atoms with van der Waals surface area (Å²) in [5.74, 6) is 0. The number of aliphatic hydroxyl groups is 1. The van der Waals surface area contributed by atoms with Gasteiger partial charge in [-0.1, -0.05) is 18.2 Å². The van der Waals surface area contributed by atoms with Crippen LogP contribution in [0.15, 0.2) is 36.5 Å². The maximum atomic E-state index is 9.91. The van der Waals surface area contributed by atoms with Gasteiger partial charge in [0.25, 0.3) is 0 Å². The molecule has 0 spiro atoms. The van der Waals surface area contributed by atoms with Crippen LogP contribution in [0.5, 0.6) is 0 Å². The fourth-order valence-electron chi connectivity index (χ4n) is 3.99. The SMILES string of the molecule is OC1CC2CCC(C1)N2Cc1ccnc2ccccc12. The Balaban J connectivity index is 1.65. The molecule has 2 bridgehead atoms. The highest BCUT2D eigenvalue weighted by atomic mass is 16.3. The molecule has 3 nitrogen and oxygen atoms in total. The van der Waals surface area contributed by atoms with Crippen LogP contribution in [0.4, 0.5) is 0 Å². The molecule has 1 aromatic carbocycles. The van der Waals surface area contributed by atoms with Gasteiger partial charge in [0, 0.05) is 30.2 Å². The van der Waals surface area contributed by atoms with Gasteiger partial charge in [-0.25, -0.2) is 0 Å². The third kappa shape index (κ3) is 2.02. The quantitative estimate of drug-likeness (QED) is 0.910. The van der Waals surface area contributed by atoms with E-state index in [1.165, 1.54) is 23.8 Å². The van der Waals surface area contributed by atoms with Gasteiger partial charge < -0.3 is 5.11 Å². The summed E-state index contributed by atoms with van der Waals surface area (Å²) in [6, 6.07) is 11.6. The lowest BCUT2D eigenvalue weighted by Crippen LogP contribution is -2.44. The van der Waals surface area contributed by atoms with Crippen LogP contribution in [0.25, 0.3) is 10.9 Å². The van der Waals surface area contributed by atoms with Crippen molar-refractivity contribution in [3.63, 3.8) is 0 Å². The first-order valence-electron chi connectivity index (χ1n) is 7.58. The molecule has 0 amide bonds. The molecule has 1 N–H and O–H groups in total. The highest BCUT2D eigenvalue weighted by Crippen LogP contribution is 2.37. The zero-order valence-electron chi connectivity index (χ0n) is 11.6. The molecule has 2 saturated heterocycles. The van der Waals surface area contributed by atoms with Crippen molar-refractivity contribution in [3.05, 3.63) is 42.1 Å². The van der Waals surface area contributed by atoms with Gasteiger partial charge in [0.2, 0.25) is 0 Å². The summed E-state index contributed by atoms with van der Waals surface area (Å²) >= 11 is 0. The number of aromatic nitrogens is 1. The van der Waals surface area contributed by atoms with Crippen molar-refractivity contribution < 1.29 is 5.11 Å². The molecule has 20 heavy (non-hydrogen) atoms. The summed E-state index contributed by atoms with van der Waals surface area (Å²) in [7, 11) is 0. The lowest BCUT2D eigenvalue weighted by atomic mass is 9.98. The molecule has 2 fully saturated rings. The molecule has 3 heterocycles. The van der Waals surface area contributed by atoms with Crippen LogP contribution in [0.3, 0.4) is 0 Å². The Morgan fingerprint density at radius 3 is 2.65 bits per heavy atom. The largest absolute Gasteiger partial charge is 0.393 e. The molecule has 3 heteroatoms. The van der Waals surface area contributed by atoms with E-state index >= 15 is 0 Å². The zero-order valence-corrected chi connectivity index (χ0v) is 11.6. The van der Waals surface area contributed by atoms with Crippen LogP contribution in [0.2, 0.25) is 0 Å². The predicted molar refractivity (Wildman–Crippen MR) is 79.3 cm³/mol. The van der Waals surface area contributed by atoms with Gasteiger partial charge in [0.05, 0.1) is 11.6 Å². The Kier molecular flexibility index (Phi) is 2.97. The zero-order chi connectivity index (χ0) is 13.5. The van der Waals surface area contributed by atoms with Gasteiger partial charge in [0.15, 0.2) is 0 Å². The summed E-state index contributed by atoms with van der Waals surface area (Å²) in [5.41, 5.74) is 2.44. The average molecular weight is 268 g/mol. The average Bonchev–Trinajstić information content (AvgIpc) is 2.70. The van der Waals surface area contributed by atoms with Crippen molar-refractivity contribution in [2.75, 3.05) is 0 Å². The number of hydrogen-bond acceptors (Lipinski definition) is 3. The molecule has 4 rings (SSSR count). The monoisotopic (exact) mass is 268 g/mol. The Morgan fingerprint density at radius 2 is 1.85 bits per heavy atom. The second-order valence-electron chi connectivity index (χ2n) is 6.17. The first kappa shape index (κ1) is 12.3. The maximum absolute atomic E-state index is 9.91. The molecule has 2 aliphatic heterocycles. The molecule has 0 saturated carbocycles. The molecule has 0 radical (unpaired) electrons. The molecule has 2 aliphatic rings. The number of hydrogen-bond donors (Lipinski definition) is 1. The number of pyridine rings is 1. The van der Waals surface area contributed by atoms with Crippen LogP contribution < -0.4 is 0 Å². The van der Waals surface area contributed by atoms with Crippen molar-refractivity contribution >= 4 is 10.9 Å². The second kappa shape index (κ2) is 4.83. The summed E-state index contributed by atoms with van der Waals surface area (Å²) in [6.45, 7) is 0.991. The van der Waals surface area contributed by atoms with E-state index in [1.807, 2.05) is 12.3 Å². The fourth-order valence-corrected chi connectivity index (χ4v) is 3.99. The first-order valence-corrected chi connectivity index (χ1v) is 7.58. The Bertz CT molecular complexity index is 608. The highest BCUT2D eigenvalue weighted by Gasteiger charge is 2.39. The van der Waals surface area contributed by atoms with E-state index in [0.717, 1.165) is 24.9 Å². The number of para-hydroxylation sites is 1. The van der Waals surface area contributed by atoms with E-state index in [1.54, 1.807) is 0 Å². The topological polar surface area (TPSA) is 36.4 Å². The van der Waals surface area contributed by atoms with E-state index < -0.39 is 0 Å². The van der Waals surface area contributed by atoms with E-state index in [0.29, 0.717) is 12.1 Å². The van der Waals surface area contributed by atoms with Crippen LogP contribution in [0, 0.1) is 0 Å². The van der Waals surface area contributed by atoms with Crippen molar-refractivity contribution in [2.24, 2.45) is 0 Å². The van der Waals surface area contributed by atoms with Crippen molar-refractivity contribution in [1.82, 2.24) is 9.88 Å². The lowest BCUT2D eigenvalue weighted by molar-refractivity contribution is 0.0312. The van der Waals surface area contributed by atoms with Gasteiger partial charge >= 0.3 is 0 Å². The van der Waals surface area contributed by atoms with Crippen molar-refractivity contribution in [2.45, 2.75) is 50.4 Å². The molecule has 0 aliphatic carbocycles. The number of piperidine rings is 1. The predicted octanol–water partition coefficient (Wildman–Crippen LogP) is 2.72. The third-order valence-electron chi connectivity index (χ3n) is 4.95. The minimum atomic E-state index is -0.0852. The number of rotatable bonds is 2. The van der Waals surface area contributed by atoms with Gasteiger partial charge in [-0.3, -0.25) is 9.88 Å². The first-order chi connectivity index (χ1) is 9.81. The van der Waals surface area contributed by atoms with Crippen LogP contribution in [-0.2, 0) is 6.54 Å². The summed E-state index contributed by atoms with van der Waals surface area (Å²) in [5, 5.41) is 11.2. The fraction of sp³-hybridized carbons (Fsp3) is 0.471. The summed E-state index contributed by atoms with van der Waals surface area (Å²) < 4.78 is 0. The molecule has 1 aromatic heterocycles. The van der Waals surface area contributed by atoms with Gasteiger partial charge in [-0.05, 0) is 43.4 Å². The molecule has 2 atom stereocenters. The number of nitrogens with zero attached hydrogens (tertiary/aromatic N) is 2. The molecule has 104 valence electrons. The normalized spacial score (nSPS) is 29.9. The van der Waals surface area contributed by atoms with Crippen LogP contribution in [-0.4, -0.2) is 33.2 Å². The van der Waals surface area contributed by atoms with Crippen molar-refractivity contribution in [1.29, 1.82) is 0 Å². The Hall–Kier alpha value is -1.45. The van der Waals surface area contributed by atoms with Crippen LogP contribution in [0.1, 0.15) is 31.2 Å². The number of benzene rings is 1. The van der Waals surface area contributed by atoms with Gasteiger partial charge in [-0.15, -0.1) is 0 Å². The van der Waals surface area contributed by atoms with E-state index in [4.69, 9.17) is 0 Å². The molecule has 2 aromatic rings. The van der Waals surface area contributed by atoms with E-state index in [2.05, 4.69) is 34.1 Å². The maximum Gasteiger partial charge on any atom is 0.0705 e.